The number of carbonyl (C=O) groups excluding carboxylic acids is 1. The molecule has 36 heavy (non-hydrogen) atoms. The van der Waals surface area contributed by atoms with Gasteiger partial charge in [0.05, 0.1) is 5.69 Å². The third-order valence-corrected chi connectivity index (χ3v) is 6.99. The monoisotopic (exact) mass is 484 g/mol. The van der Waals surface area contributed by atoms with Crippen LogP contribution in [0.4, 0.5) is 5.69 Å². The fourth-order valence-corrected chi connectivity index (χ4v) is 4.94. The molecule has 1 fully saturated rings. The summed E-state index contributed by atoms with van der Waals surface area (Å²) in [5.41, 5.74) is 5.40. The first-order valence-electron chi connectivity index (χ1n) is 12.5. The largest absolute Gasteiger partial charge is 0.365 e. The van der Waals surface area contributed by atoms with Crippen LogP contribution in [0.15, 0.2) is 59.4 Å². The molecule has 0 saturated carbocycles. The Hall–Kier alpha value is -3.94. The number of anilines is 1. The summed E-state index contributed by atoms with van der Waals surface area (Å²) >= 11 is 0. The maximum Gasteiger partial charge on any atom is 0.293 e. The highest BCUT2D eigenvalue weighted by Gasteiger charge is 2.27. The highest BCUT2D eigenvalue weighted by Crippen LogP contribution is 2.22. The summed E-state index contributed by atoms with van der Waals surface area (Å²) in [5.74, 6) is 0.463. The number of hydrogen-bond donors (Lipinski definition) is 0. The van der Waals surface area contributed by atoms with E-state index in [1.807, 2.05) is 17.0 Å². The van der Waals surface area contributed by atoms with Gasteiger partial charge in [0.2, 0.25) is 5.91 Å². The molecule has 4 aromatic rings. The van der Waals surface area contributed by atoms with Gasteiger partial charge in [0, 0.05) is 36.9 Å². The summed E-state index contributed by atoms with van der Waals surface area (Å²) in [7, 11) is 0. The van der Waals surface area contributed by atoms with Crippen molar-refractivity contribution < 1.29 is 4.79 Å². The van der Waals surface area contributed by atoms with Crippen molar-refractivity contribution in [3.05, 3.63) is 81.9 Å². The number of fused-ring (bicyclic) bond motifs is 1. The topological polar surface area (TPSA) is 75.7 Å². The third kappa shape index (κ3) is 4.51. The van der Waals surface area contributed by atoms with E-state index in [2.05, 4.69) is 72.3 Å². The van der Waals surface area contributed by atoms with Gasteiger partial charge in [0.25, 0.3) is 5.56 Å². The van der Waals surface area contributed by atoms with Crippen LogP contribution in [0.1, 0.15) is 30.8 Å². The van der Waals surface area contributed by atoms with E-state index >= 15 is 0 Å². The molecule has 186 valence electrons. The second-order valence-corrected chi connectivity index (χ2v) is 9.61. The molecule has 0 N–H and O–H groups in total. The quantitative estimate of drug-likeness (QED) is 0.434. The molecule has 3 heterocycles. The molecule has 1 atom stereocenters. The molecule has 1 amide bonds. The highest BCUT2D eigenvalue weighted by molar-refractivity contribution is 5.76. The summed E-state index contributed by atoms with van der Waals surface area (Å²) in [6, 6.07) is 18.6. The van der Waals surface area contributed by atoms with E-state index in [1.54, 1.807) is 17.5 Å². The lowest BCUT2D eigenvalue weighted by Gasteiger charge is -2.41. The zero-order chi connectivity index (χ0) is 25.4. The zero-order valence-electron chi connectivity index (χ0n) is 21.3. The predicted molar refractivity (Wildman–Crippen MR) is 141 cm³/mol. The molecule has 5 rings (SSSR count). The molecular formula is C28H32N6O2. The molecule has 2 aromatic carbocycles. The summed E-state index contributed by atoms with van der Waals surface area (Å²) in [5, 5.41) is 9.01. The molecule has 0 aliphatic carbocycles. The Labute approximate surface area is 210 Å². The fourth-order valence-electron chi connectivity index (χ4n) is 4.94. The first-order valence-corrected chi connectivity index (χ1v) is 12.5. The lowest BCUT2D eigenvalue weighted by atomic mass is 10.1. The van der Waals surface area contributed by atoms with Crippen molar-refractivity contribution in [2.24, 2.45) is 0 Å². The van der Waals surface area contributed by atoms with Gasteiger partial charge in [0.1, 0.15) is 17.9 Å². The Bertz CT molecular complexity index is 1470. The third-order valence-electron chi connectivity index (χ3n) is 6.99. The predicted octanol–water partition coefficient (Wildman–Crippen LogP) is 3.47. The Morgan fingerprint density at radius 2 is 1.81 bits per heavy atom. The Morgan fingerprint density at radius 3 is 2.50 bits per heavy atom. The van der Waals surface area contributed by atoms with Gasteiger partial charge in [-0.15, -0.1) is 0 Å². The highest BCUT2D eigenvalue weighted by atomic mass is 16.2. The van der Waals surface area contributed by atoms with E-state index in [9.17, 15) is 9.59 Å². The number of aromatic nitrogens is 4. The van der Waals surface area contributed by atoms with Crippen LogP contribution < -0.4 is 10.5 Å². The van der Waals surface area contributed by atoms with Crippen molar-refractivity contribution in [3.8, 4) is 11.3 Å². The molecule has 0 radical (unpaired) electrons. The number of rotatable bonds is 5. The minimum atomic E-state index is -0.315. The number of benzene rings is 2. The van der Waals surface area contributed by atoms with E-state index in [1.165, 1.54) is 21.5 Å². The fraction of sp³-hybridized carbons (Fsp3) is 0.357. The van der Waals surface area contributed by atoms with Crippen LogP contribution in [0, 0.1) is 13.8 Å². The molecule has 8 nitrogen and oxygen atoms in total. The minimum absolute atomic E-state index is 0.0843. The first-order chi connectivity index (χ1) is 17.3. The van der Waals surface area contributed by atoms with Crippen LogP contribution in [0.2, 0.25) is 0 Å². The molecule has 2 aromatic heterocycles. The zero-order valence-corrected chi connectivity index (χ0v) is 21.3. The van der Waals surface area contributed by atoms with E-state index in [0.717, 1.165) is 18.5 Å². The molecule has 8 heteroatoms. The summed E-state index contributed by atoms with van der Waals surface area (Å²) in [6.07, 6.45) is 0.965. The maximum atomic E-state index is 13.2. The van der Waals surface area contributed by atoms with Gasteiger partial charge in [-0.2, -0.15) is 10.2 Å². The molecule has 0 unspecified atom stereocenters. The second-order valence-electron chi connectivity index (χ2n) is 9.61. The van der Waals surface area contributed by atoms with Gasteiger partial charge >= 0.3 is 0 Å². The van der Waals surface area contributed by atoms with Crippen molar-refractivity contribution in [1.82, 2.24) is 24.3 Å². The number of amides is 1. The lowest BCUT2D eigenvalue weighted by molar-refractivity contribution is -0.132. The first kappa shape index (κ1) is 23.8. The van der Waals surface area contributed by atoms with E-state index in [0.29, 0.717) is 30.1 Å². The molecule has 0 spiro atoms. The normalized spacial score (nSPS) is 16.1. The molecule has 1 aliphatic rings. The van der Waals surface area contributed by atoms with Crippen LogP contribution in [0.3, 0.4) is 0 Å². The Morgan fingerprint density at radius 1 is 1.03 bits per heavy atom. The Kier molecular flexibility index (Phi) is 6.35. The van der Waals surface area contributed by atoms with E-state index < -0.39 is 0 Å². The van der Waals surface area contributed by atoms with Crippen LogP contribution in [-0.2, 0) is 17.8 Å². The van der Waals surface area contributed by atoms with E-state index in [-0.39, 0.29) is 24.1 Å². The number of hydrogen-bond acceptors (Lipinski definition) is 5. The van der Waals surface area contributed by atoms with Crippen molar-refractivity contribution >= 4 is 17.1 Å². The van der Waals surface area contributed by atoms with Gasteiger partial charge in [-0.25, -0.2) is 9.20 Å². The van der Waals surface area contributed by atoms with Gasteiger partial charge in [-0.3, -0.25) is 9.59 Å². The molecule has 0 bridgehead atoms. The number of nitrogens with zero attached hydrogens (tertiary/aromatic N) is 6. The average Bonchev–Trinajstić information content (AvgIpc) is 3.33. The SMILES string of the molecule is CCc1ccc(-c2cc3c(=O)n(CC(=O)N4CCN(c5cccc(C)c5)[C@@H](C)C4)nc(C)n3n2)cc1. The van der Waals surface area contributed by atoms with E-state index in [4.69, 9.17) is 0 Å². The van der Waals surface area contributed by atoms with Crippen molar-refractivity contribution in [3.63, 3.8) is 0 Å². The smallest absolute Gasteiger partial charge is 0.293 e. The second kappa shape index (κ2) is 9.60. The van der Waals surface area contributed by atoms with Crippen LogP contribution in [0.5, 0.6) is 0 Å². The Balaban J connectivity index is 1.34. The van der Waals surface area contributed by atoms with Crippen LogP contribution in [0.25, 0.3) is 16.8 Å². The van der Waals surface area contributed by atoms with Crippen molar-refractivity contribution in [2.75, 3.05) is 24.5 Å². The van der Waals surface area contributed by atoms with Gasteiger partial charge in [-0.1, -0.05) is 43.3 Å². The average molecular weight is 485 g/mol. The summed E-state index contributed by atoms with van der Waals surface area (Å²) in [4.78, 5) is 30.6. The molecule has 1 aliphatic heterocycles. The van der Waals surface area contributed by atoms with Crippen molar-refractivity contribution in [1.29, 1.82) is 0 Å². The van der Waals surface area contributed by atoms with Gasteiger partial charge in [0.15, 0.2) is 0 Å². The van der Waals surface area contributed by atoms with Crippen molar-refractivity contribution in [2.45, 2.75) is 46.7 Å². The standard InChI is InChI=1S/C28H32N6O2/c1-5-22-9-11-23(12-10-22)25-16-26-28(36)33(29-21(4)34(26)30-25)18-27(35)31-13-14-32(20(3)17-31)24-8-6-7-19(2)15-24/h6-12,15-16,20H,5,13-14,17-18H2,1-4H3/t20-/m0/s1. The molecular weight excluding hydrogens is 452 g/mol. The van der Waals surface area contributed by atoms with Gasteiger partial charge < -0.3 is 9.80 Å². The lowest BCUT2D eigenvalue weighted by Crippen LogP contribution is -2.54. The summed E-state index contributed by atoms with van der Waals surface area (Å²) in [6.45, 7) is 10.0. The minimum Gasteiger partial charge on any atom is -0.365 e. The van der Waals surface area contributed by atoms with Gasteiger partial charge in [-0.05, 0) is 56.5 Å². The number of aryl methyl sites for hydroxylation is 3. The maximum absolute atomic E-state index is 13.2. The molecule has 1 saturated heterocycles. The van der Waals surface area contributed by atoms with Crippen LogP contribution in [-0.4, -0.2) is 55.9 Å². The number of piperazine rings is 1. The van der Waals surface area contributed by atoms with Crippen LogP contribution >= 0.6 is 0 Å². The number of carbonyl (C=O) groups is 1. The summed E-state index contributed by atoms with van der Waals surface area (Å²) < 4.78 is 2.84.